The van der Waals surface area contributed by atoms with Gasteiger partial charge in [0, 0.05) is 31.9 Å². The third kappa shape index (κ3) is 3.06. The number of methoxy groups -OCH3 is 1. The average molecular weight is 329 g/mol. The first-order valence-corrected chi connectivity index (χ1v) is 7.82. The molecule has 3 rings (SSSR count). The molecule has 0 aromatic heterocycles. The monoisotopic (exact) mass is 328 g/mol. The molecule has 1 atom stereocenters. The lowest BCUT2D eigenvalue weighted by Gasteiger charge is -2.36. The van der Waals surface area contributed by atoms with Gasteiger partial charge in [-0.2, -0.15) is 0 Å². The zero-order valence-electron chi connectivity index (χ0n) is 11.9. The SMILES string of the molecule is COc1ccc(N2CCN(C(=O)C3CC3(Cl)Cl)CC2)cc1. The summed E-state index contributed by atoms with van der Waals surface area (Å²) < 4.78 is 4.33. The van der Waals surface area contributed by atoms with Crippen LogP contribution in [-0.4, -0.2) is 48.4 Å². The Hall–Kier alpha value is -1.13. The van der Waals surface area contributed by atoms with Crippen molar-refractivity contribution in [2.75, 3.05) is 38.2 Å². The molecule has 1 amide bonds. The molecular weight excluding hydrogens is 311 g/mol. The van der Waals surface area contributed by atoms with E-state index in [-0.39, 0.29) is 11.8 Å². The van der Waals surface area contributed by atoms with Gasteiger partial charge in [0.2, 0.25) is 5.91 Å². The minimum absolute atomic E-state index is 0.0920. The molecule has 0 bridgehead atoms. The van der Waals surface area contributed by atoms with Crippen LogP contribution in [0.4, 0.5) is 5.69 Å². The molecule has 0 N–H and O–H groups in total. The summed E-state index contributed by atoms with van der Waals surface area (Å²) in [7, 11) is 1.66. The van der Waals surface area contributed by atoms with Crippen molar-refractivity contribution in [2.45, 2.75) is 10.8 Å². The van der Waals surface area contributed by atoms with Gasteiger partial charge in [-0.25, -0.2) is 0 Å². The van der Waals surface area contributed by atoms with Gasteiger partial charge in [0.1, 0.15) is 10.1 Å². The molecule has 1 aliphatic carbocycles. The van der Waals surface area contributed by atoms with Crippen molar-refractivity contribution in [3.63, 3.8) is 0 Å². The molecular formula is C15H18Cl2N2O2. The number of amides is 1. The number of rotatable bonds is 3. The summed E-state index contributed by atoms with van der Waals surface area (Å²) in [5, 5.41) is 0. The molecule has 1 aromatic carbocycles. The van der Waals surface area contributed by atoms with Crippen LogP contribution >= 0.6 is 23.2 Å². The molecule has 1 aliphatic heterocycles. The van der Waals surface area contributed by atoms with E-state index in [0.29, 0.717) is 19.5 Å². The van der Waals surface area contributed by atoms with Crippen molar-refractivity contribution in [3.05, 3.63) is 24.3 Å². The highest BCUT2D eigenvalue weighted by atomic mass is 35.5. The number of carbonyl (C=O) groups excluding carboxylic acids is 1. The quantitative estimate of drug-likeness (QED) is 0.799. The fraction of sp³-hybridized carbons (Fsp3) is 0.533. The predicted octanol–water partition coefficient (Wildman–Crippen LogP) is 2.54. The van der Waals surface area contributed by atoms with Crippen LogP contribution in [0.5, 0.6) is 5.75 Å². The van der Waals surface area contributed by atoms with Crippen molar-refractivity contribution < 1.29 is 9.53 Å². The second kappa shape index (κ2) is 5.58. The van der Waals surface area contributed by atoms with E-state index in [1.165, 1.54) is 0 Å². The Bertz CT molecular complexity index is 525. The minimum Gasteiger partial charge on any atom is -0.497 e. The van der Waals surface area contributed by atoms with Crippen LogP contribution in [0, 0.1) is 5.92 Å². The van der Waals surface area contributed by atoms with E-state index in [0.717, 1.165) is 24.5 Å². The van der Waals surface area contributed by atoms with Gasteiger partial charge in [-0.15, -0.1) is 23.2 Å². The van der Waals surface area contributed by atoms with E-state index >= 15 is 0 Å². The number of carbonyl (C=O) groups is 1. The van der Waals surface area contributed by atoms with Gasteiger partial charge < -0.3 is 14.5 Å². The Labute approximate surface area is 134 Å². The Kier molecular flexibility index (Phi) is 3.93. The summed E-state index contributed by atoms with van der Waals surface area (Å²) in [6.07, 6.45) is 0.577. The second-order valence-corrected chi connectivity index (χ2v) is 7.07. The lowest BCUT2D eigenvalue weighted by Crippen LogP contribution is -2.49. The van der Waals surface area contributed by atoms with Gasteiger partial charge in [-0.3, -0.25) is 4.79 Å². The van der Waals surface area contributed by atoms with Gasteiger partial charge >= 0.3 is 0 Å². The first-order chi connectivity index (χ1) is 10.0. The van der Waals surface area contributed by atoms with E-state index in [4.69, 9.17) is 27.9 Å². The topological polar surface area (TPSA) is 32.8 Å². The average Bonchev–Trinajstić information content (AvgIpc) is 3.15. The fourth-order valence-electron chi connectivity index (χ4n) is 2.68. The maximum atomic E-state index is 12.2. The number of alkyl halides is 2. The Morgan fingerprint density at radius 1 is 1.19 bits per heavy atom. The third-order valence-corrected chi connectivity index (χ3v) is 4.99. The lowest BCUT2D eigenvalue weighted by molar-refractivity contribution is -0.132. The summed E-state index contributed by atoms with van der Waals surface area (Å²) in [5.74, 6) is 0.726. The molecule has 1 saturated carbocycles. The number of hydrogen-bond acceptors (Lipinski definition) is 3. The highest BCUT2D eigenvalue weighted by molar-refractivity contribution is 6.52. The zero-order chi connectivity index (χ0) is 15.0. The summed E-state index contributed by atoms with van der Waals surface area (Å²) in [4.78, 5) is 16.4. The summed E-state index contributed by atoms with van der Waals surface area (Å²) in [5.41, 5.74) is 1.15. The fourth-order valence-corrected chi connectivity index (χ4v) is 3.17. The van der Waals surface area contributed by atoms with Crippen LogP contribution in [0.2, 0.25) is 0 Å². The number of nitrogens with zero attached hydrogens (tertiary/aromatic N) is 2. The van der Waals surface area contributed by atoms with Gasteiger partial charge in [0.15, 0.2) is 0 Å². The molecule has 0 radical (unpaired) electrons. The van der Waals surface area contributed by atoms with Crippen molar-refractivity contribution >= 4 is 34.8 Å². The van der Waals surface area contributed by atoms with Crippen molar-refractivity contribution in [3.8, 4) is 5.75 Å². The number of ether oxygens (including phenoxy) is 1. The number of benzene rings is 1. The predicted molar refractivity (Wildman–Crippen MR) is 84.3 cm³/mol. The molecule has 1 heterocycles. The lowest BCUT2D eigenvalue weighted by atomic mass is 10.2. The number of piperazine rings is 1. The molecule has 4 nitrogen and oxygen atoms in total. The molecule has 2 aliphatic rings. The molecule has 0 spiro atoms. The minimum atomic E-state index is -0.829. The molecule has 1 unspecified atom stereocenters. The number of halogens is 2. The van der Waals surface area contributed by atoms with Gasteiger partial charge in [-0.05, 0) is 30.7 Å². The third-order valence-electron chi connectivity index (χ3n) is 4.15. The van der Waals surface area contributed by atoms with Gasteiger partial charge in [-0.1, -0.05) is 0 Å². The van der Waals surface area contributed by atoms with Crippen molar-refractivity contribution in [2.24, 2.45) is 5.92 Å². The maximum Gasteiger partial charge on any atom is 0.228 e. The smallest absolute Gasteiger partial charge is 0.228 e. The Morgan fingerprint density at radius 3 is 2.24 bits per heavy atom. The van der Waals surface area contributed by atoms with Crippen LogP contribution < -0.4 is 9.64 Å². The summed E-state index contributed by atoms with van der Waals surface area (Å²) in [6.45, 7) is 3.07. The van der Waals surface area contributed by atoms with Crippen molar-refractivity contribution in [1.29, 1.82) is 0 Å². The van der Waals surface area contributed by atoms with Gasteiger partial charge in [0.25, 0.3) is 0 Å². The van der Waals surface area contributed by atoms with Crippen LogP contribution in [0.25, 0.3) is 0 Å². The second-order valence-electron chi connectivity index (χ2n) is 5.53. The molecule has 1 saturated heterocycles. The molecule has 2 fully saturated rings. The number of anilines is 1. The first-order valence-electron chi connectivity index (χ1n) is 7.07. The summed E-state index contributed by atoms with van der Waals surface area (Å²) >= 11 is 11.9. The Morgan fingerprint density at radius 2 is 1.76 bits per heavy atom. The highest BCUT2D eigenvalue weighted by Crippen LogP contribution is 2.53. The van der Waals surface area contributed by atoms with E-state index in [1.54, 1.807) is 7.11 Å². The molecule has 1 aromatic rings. The number of hydrogen-bond donors (Lipinski definition) is 0. The van der Waals surface area contributed by atoms with Crippen LogP contribution in [0.15, 0.2) is 24.3 Å². The molecule has 114 valence electrons. The van der Waals surface area contributed by atoms with E-state index in [1.807, 2.05) is 29.2 Å². The molecule has 21 heavy (non-hydrogen) atoms. The maximum absolute atomic E-state index is 12.2. The van der Waals surface area contributed by atoms with Crippen LogP contribution in [-0.2, 0) is 4.79 Å². The van der Waals surface area contributed by atoms with Crippen LogP contribution in [0.3, 0.4) is 0 Å². The molecule has 6 heteroatoms. The van der Waals surface area contributed by atoms with Crippen molar-refractivity contribution in [1.82, 2.24) is 4.90 Å². The normalized spacial score (nSPS) is 23.9. The zero-order valence-corrected chi connectivity index (χ0v) is 13.4. The van der Waals surface area contributed by atoms with E-state index < -0.39 is 4.33 Å². The standard InChI is InChI=1S/C15H18Cl2N2O2/c1-21-12-4-2-11(3-5-12)18-6-8-19(9-7-18)14(20)13-10-15(13,16)17/h2-5,13H,6-10H2,1H3. The van der Waals surface area contributed by atoms with Gasteiger partial charge in [0.05, 0.1) is 13.0 Å². The highest BCUT2D eigenvalue weighted by Gasteiger charge is 2.57. The largest absolute Gasteiger partial charge is 0.497 e. The first kappa shape index (κ1) is 14.8. The van der Waals surface area contributed by atoms with Crippen LogP contribution in [0.1, 0.15) is 6.42 Å². The Balaban J connectivity index is 1.56. The summed E-state index contributed by atoms with van der Waals surface area (Å²) in [6, 6.07) is 7.98. The van der Waals surface area contributed by atoms with E-state index in [9.17, 15) is 4.79 Å². The van der Waals surface area contributed by atoms with E-state index in [2.05, 4.69) is 4.90 Å².